The molecule has 4 rings (SSSR count). The van der Waals surface area contributed by atoms with Gasteiger partial charge in [0.2, 0.25) is 0 Å². The summed E-state index contributed by atoms with van der Waals surface area (Å²) in [4.78, 5) is 14.9. The minimum absolute atomic E-state index is 0.119. The molecule has 1 amide bonds. The molecule has 0 N–H and O–H groups in total. The van der Waals surface area contributed by atoms with E-state index in [0.717, 1.165) is 16.5 Å². The summed E-state index contributed by atoms with van der Waals surface area (Å²) in [5.74, 6) is 1.37. The van der Waals surface area contributed by atoms with E-state index < -0.39 is 0 Å². The van der Waals surface area contributed by atoms with E-state index in [1.807, 2.05) is 60.7 Å². The lowest BCUT2D eigenvalue weighted by Crippen LogP contribution is -2.27. The number of rotatable bonds is 5. The van der Waals surface area contributed by atoms with E-state index in [2.05, 4.69) is 12.1 Å². The molecule has 134 valence electrons. The molecule has 2 heterocycles. The Bertz CT molecular complexity index is 997. The first-order chi connectivity index (χ1) is 13.2. The molecule has 0 saturated carbocycles. The standard InChI is InChI=1S/C21H15NO2S3/c23-20-18(27-21(25)22(20)16-9-5-2-6-10-16)13-17-11-12-19(24-17)26-14-15-7-3-1-4-8-15/h1-13H,14H2/b18-13-. The minimum atomic E-state index is -0.119. The van der Waals surface area contributed by atoms with E-state index in [1.165, 1.54) is 17.3 Å². The zero-order valence-electron chi connectivity index (χ0n) is 14.2. The minimum Gasteiger partial charge on any atom is -0.450 e. The van der Waals surface area contributed by atoms with Gasteiger partial charge in [0.25, 0.3) is 5.91 Å². The number of amides is 1. The van der Waals surface area contributed by atoms with E-state index in [-0.39, 0.29) is 5.91 Å². The molecule has 1 aliphatic rings. The van der Waals surface area contributed by atoms with Crippen molar-refractivity contribution in [2.75, 3.05) is 4.90 Å². The summed E-state index contributed by atoms with van der Waals surface area (Å²) in [5, 5.41) is 0.823. The molecule has 3 nitrogen and oxygen atoms in total. The van der Waals surface area contributed by atoms with Crippen LogP contribution in [0, 0.1) is 0 Å². The lowest BCUT2D eigenvalue weighted by Gasteiger charge is -2.13. The van der Waals surface area contributed by atoms with E-state index in [0.29, 0.717) is 15.0 Å². The predicted molar refractivity (Wildman–Crippen MR) is 117 cm³/mol. The van der Waals surface area contributed by atoms with Crippen molar-refractivity contribution >= 4 is 57.7 Å². The van der Waals surface area contributed by atoms with Crippen molar-refractivity contribution in [3.05, 3.63) is 89.0 Å². The van der Waals surface area contributed by atoms with Gasteiger partial charge in [-0.3, -0.25) is 9.69 Å². The molecule has 0 unspecified atom stereocenters. The van der Waals surface area contributed by atoms with Crippen LogP contribution in [0.1, 0.15) is 11.3 Å². The maximum absolute atomic E-state index is 12.7. The zero-order valence-corrected chi connectivity index (χ0v) is 16.7. The number of hydrogen-bond donors (Lipinski definition) is 0. The highest BCUT2D eigenvalue weighted by atomic mass is 32.2. The highest BCUT2D eigenvalue weighted by Gasteiger charge is 2.33. The molecule has 3 aromatic rings. The summed E-state index contributed by atoms with van der Waals surface area (Å²) in [5.41, 5.74) is 2.02. The van der Waals surface area contributed by atoms with Crippen molar-refractivity contribution in [1.82, 2.24) is 0 Å². The largest absolute Gasteiger partial charge is 0.450 e. The molecule has 1 aliphatic heterocycles. The number of thiocarbonyl (C=S) groups is 1. The highest BCUT2D eigenvalue weighted by Crippen LogP contribution is 2.36. The summed E-state index contributed by atoms with van der Waals surface area (Å²) >= 11 is 8.31. The Hall–Kier alpha value is -2.28. The third-order valence-corrected chi connectivity index (χ3v) is 6.19. The van der Waals surface area contributed by atoms with Crippen LogP contribution >= 0.6 is 35.7 Å². The van der Waals surface area contributed by atoms with Gasteiger partial charge in [0.05, 0.1) is 10.6 Å². The second-order valence-corrected chi connectivity index (χ2v) is 8.44. The van der Waals surface area contributed by atoms with Crippen LogP contribution in [0.2, 0.25) is 0 Å². The predicted octanol–water partition coefficient (Wildman–Crippen LogP) is 5.98. The lowest BCUT2D eigenvalue weighted by molar-refractivity contribution is -0.113. The zero-order chi connectivity index (χ0) is 18.6. The van der Waals surface area contributed by atoms with Crippen LogP contribution in [0.25, 0.3) is 6.08 Å². The van der Waals surface area contributed by atoms with Gasteiger partial charge in [-0.15, -0.1) is 0 Å². The van der Waals surface area contributed by atoms with Crippen molar-refractivity contribution in [1.29, 1.82) is 0 Å². The van der Waals surface area contributed by atoms with Crippen molar-refractivity contribution < 1.29 is 9.21 Å². The van der Waals surface area contributed by atoms with Crippen LogP contribution < -0.4 is 4.90 Å². The molecule has 27 heavy (non-hydrogen) atoms. The third-order valence-electron chi connectivity index (χ3n) is 3.91. The maximum Gasteiger partial charge on any atom is 0.270 e. The highest BCUT2D eigenvalue weighted by molar-refractivity contribution is 8.27. The Morgan fingerprint density at radius 2 is 1.70 bits per heavy atom. The summed E-state index contributed by atoms with van der Waals surface area (Å²) < 4.78 is 6.38. The van der Waals surface area contributed by atoms with Crippen molar-refractivity contribution in [3.8, 4) is 0 Å². The number of hydrogen-bond acceptors (Lipinski definition) is 5. The fourth-order valence-electron chi connectivity index (χ4n) is 2.61. The van der Waals surface area contributed by atoms with Gasteiger partial charge in [-0.25, -0.2) is 0 Å². The molecular weight excluding hydrogens is 394 g/mol. The Morgan fingerprint density at radius 1 is 1.00 bits per heavy atom. The van der Waals surface area contributed by atoms with Crippen molar-refractivity contribution in [3.63, 3.8) is 0 Å². The number of carbonyl (C=O) groups is 1. The maximum atomic E-state index is 12.7. The Labute approximate surface area is 171 Å². The SMILES string of the molecule is O=C1/C(=C/c2ccc(SCc3ccccc3)o2)SC(=S)N1c1ccccc1. The van der Waals surface area contributed by atoms with E-state index in [1.54, 1.807) is 22.7 Å². The summed E-state index contributed by atoms with van der Waals surface area (Å²) in [6.07, 6.45) is 1.76. The molecule has 0 aliphatic carbocycles. The van der Waals surface area contributed by atoms with Gasteiger partial charge in [-0.05, 0) is 29.8 Å². The summed E-state index contributed by atoms with van der Waals surface area (Å²) in [6, 6.07) is 23.5. The van der Waals surface area contributed by atoms with E-state index in [4.69, 9.17) is 16.6 Å². The Balaban J connectivity index is 1.47. The van der Waals surface area contributed by atoms with Crippen LogP contribution in [0.15, 0.2) is 87.2 Å². The molecule has 0 bridgehead atoms. The van der Waals surface area contributed by atoms with Gasteiger partial charge < -0.3 is 4.42 Å². The Kier molecular flexibility index (Phi) is 5.48. The fraction of sp³-hybridized carbons (Fsp3) is 0.0476. The van der Waals surface area contributed by atoms with Crippen LogP contribution in [0.4, 0.5) is 5.69 Å². The van der Waals surface area contributed by atoms with Crippen molar-refractivity contribution in [2.45, 2.75) is 10.8 Å². The number of thioether (sulfide) groups is 2. The number of benzene rings is 2. The van der Waals surface area contributed by atoms with Gasteiger partial charge in [0, 0.05) is 11.8 Å². The molecule has 0 atom stereocenters. The quantitative estimate of drug-likeness (QED) is 0.294. The smallest absolute Gasteiger partial charge is 0.270 e. The monoisotopic (exact) mass is 409 g/mol. The van der Waals surface area contributed by atoms with E-state index >= 15 is 0 Å². The van der Waals surface area contributed by atoms with Gasteiger partial charge >= 0.3 is 0 Å². The third kappa shape index (κ3) is 4.18. The summed E-state index contributed by atoms with van der Waals surface area (Å²) in [6.45, 7) is 0. The molecule has 0 spiro atoms. The van der Waals surface area contributed by atoms with E-state index in [9.17, 15) is 4.79 Å². The van der Waals surface area contributed by atoms with Gasteiger partial charge in [-0.2, -0.15) is 0 Å². The van der Waals surface area contributed by atoms with Gasteiger partial charge in [0.1, 0.15) is 5.76 Å². The first-order valence-electron chi connectivity index (χ1n) is 8.30. The molecule has 0 radical (unpaired) electrons. The fourth-order valence-corrected chi connectivity index (χ4v) is 4.71. The average molecular weight is 410 g/mol. The van der Waals surface area contributed by atoms with Gasteiger partial charge in [-0.1, -0.05) is 84.3 Å². The number of carbonyl (C=O) groups excluding carboxylic acids is 1. The molecule has 1 fully saturated rings. The second-order valence-electron chi connectivity index (χ2n) is 5.78. The number of nitrogens with zero attached hydrogens (tertiary/aromatic N) is 1. The summed E-state index contributed by atoms with van der Waals surface area (Å²) in [7, 11) is 0. The lowest BCUT2D eigenvalue weighted by atomic mass is 10.2. The molecule has 1 aromatic heterocycles. The van der Waals surface area contributed by atoms with Crippen LogP contribution in [-0.4, -0.2) is 10.2 Å². The van der Waals surface area contributed by atoms with Crippen LogP contribution in [0.5, 0.6) is 0 Å². The molecule has 1 saturated heterocycles. The molecule has 6 heteroatoms. The number of anilines is 1. The molecule has 2 aromatic carbocycles. The van der Waals surface area contributed by atoms with Crippen LogP contribution in [0.3, 0.4) is 0 Å². The normalized spacial score (nSPS) is 15.7. The average Bonchev–Trinajstić information content (AvgIpc) is 3.26. The second kappa shape index (κ2) is 8.17. The topological polar surface area (TPSA) is 33.5 Å². The Morgan fingerprint density at radius 3 is 2.44 bits per heavy atom. The van der Waals surface area contributed by atoms with Gasteiger partial charge in [0.15, 0.2) is 9.41 Å². The molecular formula is C21H15NO2S3. The first-order valence-corrected chi connectivity index (χ1v) is 10.5. The van der Waals surface area contributed by atoms with Crippen LogP contribution in [-0.2, 0) is 10.5 Å². The van der Waals surface area contributed by atoms with Crippen molar-refractivity contribution in [2.24, 2.45) is 0 Å². The first kappa shape index (κ1) is 18.1. The number of para-hydroxylation sites is 1. The number of furan rings is 1.